The molecular formula is C23H22N6O3. The van der Waals surface area contributed by atoms with E-state index in [1.807, 2.05) is 43.3 Å². The number of carbonyl (C=O) groups excluding carboxylic acids is 2. The molecule has 0 radical (unpaired) electrons. The zero-order chi connectivity index (χ0) is 22.2. The lowest BCUT2D eigenvalue weighted by molar-refractivity contribution is -0.130. The molecule has 162 valence electrons. The summed E-state index contributed by atoms with van der Waals surface area (Å²) in [7, 11) is 0. The monoisotopic (exact) mass is 430 g/mol. The quantitative estimate of drug-likeness (QED) is 0.530. The number of carbonyl (C=O) groups is 2. The lowest BCUT2D eigenvalue weighted by atomic mass is 10.1. The smallest absolute Gasteiger partial charge is 0.274 e. The molecule has 0 unspecified atom stereocenters. The summed E-state index contributed by atoms with van der Waals surface area (Å²) in [5, 5.41) is 7.07. The number of nitrogens with one attached hydrogen (secondary N) is 1. The van der Waals surface area contributed by atoms with Gasteiger partial charge in [0.1, 0.15) is 17.4 Å². The van der Waals surface area contributed by atoms with E-state index in [4.69, 9.17) is 4.52 Å². The third kappa shape index (κ3) is 3.51. The van der Waals surface area contributed by atoms with Crippen LogP contribution < -0.4 is 5.32 Å². The minimum Gasteiger partial charge on any atom is -0.337 e. The molecule has 32 heavy (non-hydrogen) atoms. The number of aromatic nitrogens is 4. The van der Waals surface area contributed by atoms with Gasteiger partial charge < -0.3 is 14.7 Å². The predicted molar refractivity (Wildman–Crippen MR) is 117 cm³/mol. The third-order valence-corrected chi connectivity index (χ3v) is 5.78. The second-order valence-corrected chi connectivity index (χ2v) is 7.88. The Kier molecular flexibility index (Phi) is 4.93. The highest BCUT2D eigenvalue weighted by Crippen LogP contribution is 2.32. The molecular weight excluding hydrogens is 408 g/mol. The second-order valence-electron chi connectivity index (χ2n) is 7.88. The Labute approximate surface area is 184 Å². The Morgan fingerprint density at radius 2 is 2.09 bits per heavy atom. The largest absolute Gasteiger partial charge is 0.337 e. The van der Waals surface area contributed by atoms with E-state index in [1.54, 1.807) is 28.6 Å². The Morgan fingerprint density at radius 3 is 2.94 bits per heavy atom. The summed E-state index contributed by atoms with van der Waals surface area (Å²) in [4.78, 5) is 35.3. The summed E-state index contributed by atoms with van der Waals surface area (Å²) in [6, 6.07) is 11.0. The number of fused-ring (bicyclic) bond motifs is 1. The fourth-order valence-electron chi connectivity index (χ4n) is 4.07. The van der Waals surface area contributed by atoms with E-state index in [9.17, 15) is 9.59 Å². The van der Waals surface area contributed by atoms with Gasteiger partial charge in [-0.25, -0.2) is 4.98 Å². The number of aryl methyl sites for hydroxylation is 1. The number of hydrogen-bond donors (Lipinski definition) is 1. The molecule has 4 aromatic rings. The van der Waals surface area contributed by atoms with Crippen LogP contribution in [-0.2, 0) is 4.79 Å². The van der Waals surface area contributed by atoms with E-state index in [-0.39, 0.29) is 17.9 Å². The van der Waals surface area contributed by atoms with Gasteiger partial charge in [0, 0.05) is 30.9 Å². The van der Waals surface area contributed by atoms with E-state index >= 15 is 0 Å². The van der Waals surface area contributed by atoms with E-state index in [0.717, 1.165) is 18.4 Å². The summed E-state index contributed by atoms with van der Waals surface area (Å²) in [5.41, 5.74) is 3.41. The summed E-state index contributed by atoms with van der Waals surface area (Å²) >= 11 is 0. The number of likely N-dealkylation sites (tertiary alicyclic amines) is 1. The summed E-state index contributed by atoms with van der Waals surface area (Å²) in [5.74, 6) is 0.589. The van der Waals surface area contributed by atoms with Gasteiger partial charge in [0.25, 0.3) is 5.91 Å². The lowest BCUT2D eigenvalue weighted by Gasteiger charge is -2.19. The number of rotatable bonds is 4. The molecule has 1 aliphatic heterocycles. The highest BCUT2D eigenvalue weighted by Gasteiger charge is 2.32. The molecule has 0 spiro atoms. The van der Waals surface area contributed by atoms with Crippen LogP contribution in [0.15, 0.2) is 53.3 Å². The van der Waals surface area contributed by atoms with Crippen molar-refractivity contribution in [2.45, 2.75) is 32.7 Å². The SMILES string of the molecule is CC(=O)N1CCC[C@H]1c1nc(-c2ccc(C)c(NC(=O)c3cnc4ccccn34)c2)no1. The highest BCUT2D eigenvalue weighted by molar-refractivity contribution is 6.04. The van der Waals surface area contributed by atoms with Crippen LogP contribution >= 0.6 is 0 Å². The molecule has 0 aliphatic carbocycles. The topological polar surface area (TPSA) is 106 Å². The van der Waals surface area contributed by atoms with Crippen molar-refractivity contribution < 1.29 is 14.1 Å². The zero-order valence-electron chi connectivity index (χ0n) is 17.8. The van der Waals surface area contributed by atoms with Crippen molar-refractivity contribution in [1.82, 2.24) is 24.4 Å². The normalized spacial score (nSPS) is 15.9. The molecule has 0 saturated carbocycles. The molecule has 2 amide bonds. The van der Waals surface area contributed by atoms with E-state index < -0.39 is 0 Å². The fourth-order valence-corrected chi connectivity index (χ4v) is 4.07. The Balaban J connectivity index is 1.40. The van der Waals surface area contributed by atoms with Crippen molar-refractivity contribution in [3.63, 3.8) is 0 Å². The molecule has 5 rings (SSSR count). The highest BCUT2D eigenvalue weighted by atomic mass is 16.5. The Morgan fingerprint density at radius 1 is 1.22 bits per heavy atom. The van der Waals surface area contributed by atoms with Crippen LogP contribution in [0.3, 0.4) is 0 Å². The van der Waals surface area contributed by atoms with Crippen LogP contribution in [0.25, 0.3) is 17.0 Å². The molecule has 1 aromatic carbocycles. The fraction of sp³-hybridized carbons (Fsp3) is 0.261. The van der Waals surface area contributed by atoms with Crippen LogP contribution in [0.2, 0.25) is 0 Å². The Bertz CT molecular complexity index is 1320. The molecule has 0 bridgehead atoms. The van der Waals surface area contributed by atoms with E-state index in [1.165, 1.54) is 0 Å². The molecule has 1 aliphatic rings. The first-order valence-electron chi connectivity index (χ1n) is 10.5. The summed E-state index contributed by atoms with van der Waals surface area (Å²) < 4.78 is 7.23. The first-order valence-corrected chi connectivity index (χ1v) is 10.5. The van der Waals surface area contributed by atoms with E-state index in [2.05, 4.69) is 20.4 Å². The maximum absolute atomic E-state index is 12.9. The maximum Gasteiger partial charge on any atom is 0.274 e. The van der Waals surface area contributed by atoms with Crippen molar-refractivity contribution in [2.24, 2.45) is 0 Å². The van der Waals surface area contributed by atoms with Gasteiger partial charge in [-0.1, -0.05) is 23.4 Å². The average molecular weight is 430 g/mol. The average Bonchev–Trinajstić information content (AvgIpc) is 3.53. The number of hydrogen-bond acceptors (Lipinski definition) is 6. The molecule has 9 nitrogen and oxygen atoms in total. The third-order valence-electron chi connectivity index (χ3n) is 5.78. The minimum absolute atomic E-state index is 0.0000185. The molecule has 1 saturated heterocycles. The standard InChI is InChI=1S/C23H22N6O3/c1-14-8-9-16(21-26-23(32-27-21)18-6-5-11-28(18)15(2)30)12-17(14)25-22(31)19-13-24-20-7-3-4-10-29(19)20/h3-4,7-10,12-13,18H,5-6,11H2,1-2H3,(H,25,31)/t18-/m0/s1. The van der Waals surface area contributed by atoms with E-state index in [0.29, 0.717) is 40.9 Å². The van der Waals surface area contributed by atoms with Crippen LogP contribution in [0.1, 0.15) is 47.7 Å². The van der Waals surface area contributed by atoms with Gasteiger partial charge in [0.2, 0.25) is 17.6 Å². The summed E-state index contributed by atoms with van der Waals surface area (Å²) in [6.07, 6.45) is 5.06. The zero-order valence-corrected chi connectivity index (χ0v) is 17.8. The number of anilines is 1. The number of amides is 2. The molecule has 4 heterocycles. The molecule has 1 N–H and O–H groups in total. The molecule has 1 atom stereocenters. The Hall–Kier alpha value is -4.01. The van der Waals surface area contributed by atoms with Gasteiger partial charge >= 0.3 is 0 Å². The van der Waals surface area contributed by atoms with Gasteiger partial charge in [0.15, 0.2) is 0 Å². The van der Waals surface area contributed by atoms with Gasteiger partial charge in [0.05, 0.1) is 6.20 Å². The van der Waals surface area contributed by atoms with Crippen molar-refractivity contribution in [3.8, 4) is 11.4 Å². The van der Waals surface area contributed by atoms with Crippen LogP contribution in [0, 0.1) is 6.92 Å². The van der Waals surface area contributed by atoms with Crippen molar-refractivity contribution in [2.75, 3.05) is 11.9 Å². The molecule has 9 heteroatoms. The van der Waals surface area contributed by atoms with Gasteiger partial charge in [-0.15, -0.1) is 0 Å². The minimum atomic E-state index is -0.263. The van der Waals surface area contributed by atoms with Gasteiger partial charge in [-0.05, 0) is 43.5 Å². The van der Waals surface area contributed by atoms with Gasteiger partial charge in [-0.3, -0.25) is 14.0 Å². The predicted octanol–water partition coefficient (Wildman–Crippen LogP) is 3.63. The molecule has 1 fully saturated rings. The first-order chi connectivity index (χ1) is 15.5. The number of pyridine rings is 1. The number of imidazole rings is 1. The van der Waals surface area contributed by atoms with Crippen LogP contribution in [0.4, 0.5) is 5.69 Å². The maximum atomic E-state index is 12.9. The second kappa shape index (κ2) is 7.92. The summed E-state index contributed by atoms with van der Waals surface area (Å²) in [6.45, 7) is 4.16. The van der Waals surface area contributed by atoms with Crippen LogP contribution in [-0.4, -0.2) is 42.8 Å². The van der Waals surface area contributed by atoms with Crippen LogP contribution in [0.5, 0.6) is 0 Å². The lowest BCUT2D eigenvalue weighted by Crippen LogP contribution is -2.28. The first kappa shape index (κ1) is 19.9. The molecule has 3 aromatic heterocycles. The van der Waals surface area contributed by atoms with Crippen molar-refractivity contribution >= 4 is 23.1 Å². The van der Waals surface area contributed by atoms with Crippen molar-refractivity contribution in [3.05, 3.63) is 65.9 Å². The van der Waals surface area contributed by atoms with Crippen molar-refractivity contribution in [1.29, 1.82) is 0 Å². The number of nitrogens with zero attached hydrogens (tertiary/aromatic N) is 5. The number of benzene rings is 1. The van der Waals surface area contributed by atoms with Gasteiger partial charge in [-0.2, -0.15) is 4.98 Å².